The van der Waals surface area contributed by atoms with Crippen molar-refractivity contribution < 1.29 is 19.0 Å². The zero-order valence-corrected chi connectivity index (χ0v) is 19.2. The number of fused-ring (bicyclic) bond motifs is 1. The van der Waals surface area contributed by atoms with Crippen LogP contribution in [0.1, 0.15) is 11.1 Å². The molecule has 34 heavy (non-hydrogen) atoms. The molecular weight excluding hydrogens is 452 g/mol. The Morgan fingerprint density at radius 1 is 1.00 bits per heavy atom. The smallest absolute Gasteiger partial charge is 0.363 e. The van der Waals surface area contributed by atoms with Gasteiger partial charge in [-0.05, 0) is 48.5 Å². The first kappa shape index (κ1) is 21.8. The average molecular weight is 473 g/mol. The molecule has 0 aliphatic carbocycles. The third-order valence-corrected chi connectivity index (χ3v) is 5.73. The Morgan fingerprint density at radius 2 is 1.74 bits per heavy atom. The summed E-state index contributed by atoms with van der Waals surface area (Å²) in [5, 5.41) is 1.61. The quantitative estimate of drug-likeness (QED) is 0.254. The number of halogens is 1. The van der Waals surface area contributed by atoms with Gasteiger partial charge in [-0.1, -0.05) is 41.9 Å². The number of aliphatic imine (C=N–C) groups is 1. The molecule has 0 radical (unpaired) electrons. The normalized spacial score (nSPS) is 14.4. The number of carbonyl (C=O) groups excluding carboxylic acids is 1. The topological polar surface area (TPSA) is 62.1 Å². The number of esters is 1. The molecule has 6 nitrogen and oxygen atoms in total. The molecule has 0 amide bonds. The van der Waals surface area contributed by atoms with Crippen LogP contribution in [0.5, 0.6) is 11.5 Å². The van der Waals surface area contributed by atoms with Gasteiger partial charge in [0.2, 0.25) is 5.90 Å². The van der Waals surface area contributed by atoms with Crippen molar-refractivity contribution >= 4 is 40.4 Å². The Kier molecular flexibility index (Phi) is 6.06. The Hall–Kier alpha value is -4.03. The molecule has 170 valence electrons. The monoisotopic (exact) mass is 472 g/mol. The van der Waals surface area contributed by atoms with Gasteiger partial charge in [-0.25, -0.2) is 9.79 Å². The Labute approximate surface area is 201 Å². The van der Waals surface area contributed by atoms with E-state index in [0.717, 1.165) is 16.5 Å². The van der Waals surface area contributed by atoms with E-state index in [1.807, 2.05) is 54.7 Å². The maximum absolute atomic E-state index is 12.5. The van der Waals surface area contributed by atoms with E-state index < -0.39 is 5.97 Å². The van der Waals surface area contributed by atoms with E-state index in [-0.39, 0.29) is 11.6 Å². The number of rotatable bonds is 7. The van der Waals surface area contributed by atoms with E-state index in [1.54, 1.807) is 37.5 Å². The molecule has 0 atom stereocenters. The second-order valence-electron chi connectivity index (χ2n) is 7.64. The summed E-state index contributed by atoms with van der Waals surface area (Å²) in [6.45, 7) is 1.07. The van der Waals surface area contributed by atoms with Gasteiger partial charge in [0.15, 0.2) is 17.2 Å². The number of benzene rings is 3. The fourth-order valence-electron chi connectivity index (χ4n) is 3.84. The number of para-hydroxylation sites is 3. The third-order valence-electron chi connectivity index (χ3n) is 5.48. The Morgan fingerprint density at radius 3 is 2.53 bits per heavy atom. The van der Waals surface area contributed by atoms with Gasteiger partial charge in [0, 0.05) is 33.2 Å². The van der Waals surface area contributed by atoms with E-state index in [1.165, 1.54) is 0 Å². The lowest BCUT2D eigenvalue weighted by atomic mass is 10.1. The summed E-state index contributed by atoms with van der Waals surface area (Å²) >= 11 is 5.95. The largest absolute Gasteiger partial charge is 0.493 e. The summed E-state index contributed by atoms with van der Waals surface area (Å²) in [5.41, 5.74) is 2.85. The van der Waals surface area contributed by atoms with Gasteiger partial charge in [-0.3, -0.25) is 0 Å². The minimum atomic E-state index is -0.485. The van der Waals surface area contributed by atoms with Crippen molar-refractivity contribution in [3.8, 4) is 11.5 Å². The minimum absolute atomic E-state index is 0.248. The van der Waals surface area contributed by atoms with Crippen LogP contribution in [0, 0.1) is 0 Å². The van der Waals surface area contributed by atoms with Crippen molar-refractivity contribution in [2.24, 2.45) is 4.99 Å². The average Bonchev–Trinajstić information content (AvgIpc) is 3.40. The molecule has 0 saturated carbocycles. The third kappa shape index (κ3) is 4.40. The molecule has 7 heteroatoms. The van der Waals surface area contributed by atoms with E-state index in [4.69, 9.17) is 25.8 Å². The molecule has 1 aliphatic rings. The fourth-order valence-corrected chi connectivity index (χ4v) is 3.97. The number of methoxy groups -OCH3 is 1. The lowest BCUT2D eigenvalue weighted by Crippen LogP contribution is -2.07. The number of hydrogen-bond acceptors (Lipinski definition) is 5. The van der Waals surface area contributed by atoms with Gasteiger partial charge in [0.25, 0.3) is 0 Å². The number of carbonyl (C=O) groups is 1. The Balaban J connectivity index is 1.40. The first-order chi connectivity index (χ1) is 16.6. The van der Waals surface area contributed by atoms with Gasteiger partial charge in [-0.15, -0.1) is 0 Å². The van der Waals surface area contributed by atoms with Crippen molar-refractivity contribution in [3.05, 3.63) is 101 Å². The number of aromatic nitrogens is 1. The van der Waals surface area contributed by atoms with Gasteiger partial charge in [0.1, 0.15) is 6.61 Å². The van der Waals surface area contributed by atoms with Gasteiger partial charge < -0.3 is 18.8 Å². The highest BCUT2D eigenvalue weighted by molar-refractivity contribution is 6.30. The highest BCUT2D eigenvalue weighted by atomic mass is 35.5. The highest BCUT2D eigenvalue weighted by Crippen LogP contribution is 2.28. The lowest BCUT2D eigenvalue weighted by molar-refractivity contribution is -0.129. The SMILES string of the molecule is COc1ccccc1OCCn1cc(C=C2N=C(c3ccc(Cl)cc3)OC2=O)c2ccccc21. The molecule has 1 aliphatic heterocycles. The summed E-state index contributed by atoms with van der Waals surface area (Å²) in [5.74, 6) is 1.17. The van der Waals surface area contributed by atoms with Crippen LogP contribution in [-0.2, 0) is 16.1 Å². The van der Waals surface area contributed by atoms with Crippen LogP contribution in [0.2, 0.25) is 5.02 Å². The zero-order chi connectivity index (χ0) is 23.5. The van der Waals surface area contributed by atoms with Crippen LogP contribution in [0.3, 0.4) is 0 Å². The summed E-state index contributed by atoms with van der Waals surface area (Å²) in [7, 11) is 1.62. The maximum atomic E-state index is 12.5. The zero-order valence-electron chi connectivity index (χ0n) is 18.4. The Bertz CT molecular complexity index is 1420. The molecule has 3 aromatic carbocycles. The lowest BCUT2D eigenvalue weighted by Gasteiger charge is -2.11. The number of hydrogen-bond donors (Lipinski definition) is 0. The molecular formula is C27H21ClN2O4. The van der Waals surface area contributed by atoms with E-state index in [2.05, 4.69) is 9.56 Å². The molecule has 0 bridgehead atoms. The number of cyclic esters (lactones) is 1. The molecule has 2 heterocycles. The van der Waals surface area contributed by atoms with E-state index in [0.29, 0.717) is 35.2 Å². The van der Waals surface area contributed by atoms with E-state index in [9.17, 15) is 4.79 Å². The van der Waals surface area contributed by atoms with Crippen LogP contribution in [0.4, 0.5) is 0 Å². The molecule has 1 aromatic heterocycles. The predicted octanol–water partition coefficient (Wildman–Crippen LogP) is 5.73. The van der Waals surface area contributed by atoms with Crippen LogP contribution in [-0.4, -0.2) is 30.2 Å². The van der Waals surface area contributed by atoms with Crippen LogP contribution < -0.4 is 9.47 Å². The fraction of sp³-hybridized carbons (Fsp3) is 0.111. The summed E-state index contributed by atoms with van der Waals surface area (Å²) in [6.07, 6.45) is 3.75. The first-order valence-corrected chi connectivity index (χ1v) is 11.1. The van der Waals surface area contributed by atoms with Crippen molar-refractivity contribution in [1.82, 2.24) is 4.57 Å². The molecule has 0 unspecified atom stereocenters. The van der Waals surface area contributed by atoms with Crippen molar-refractivity contribution in [2.45, 2.75) is 6.54 Å². The second-order valence-corrected chi connectivity index (χ2v) is 8.07. The molecule has 0 fully saturated rings. The summed E-state index contributed by atoms with van der Waals surface area (Å²) in [6, 6.07) is 22.6. The predicted molar refractivity (Wildman–Crippen MR) is 132 cm³/mol. The van der Waals surface area contributed by atoms with Crippen molar-refractivity contribution in [1.29, 1.82) is 0 Å². The minimum Gasteiger partial charge on any atom is -0.493 e. The second kappa shape index (κ2) is 9.45. The molecule has 4 aromatic rings. The van der Waals surface area contributed by atoms with Crippen LogP contribution >= 0.6 is 11.6 Å². The number of nitrogens with zero attached hydrogens (tertiary/aromatic N) is 2. The van der Waals surface area contributed by atoms with Gasteiger partial charge in [0.05, 0.1) is 13.7 Å². The van der Waals surface area contributed by atoms with E-state index >= 15 is 0 Å². The van der Waals surface area contributed by atoms with Crippen LogP contribution in [0.15, 0.2) is 89.7 Å². The first-order valence-electron chi connectivity index (χ1n) is 10.7. The van der Waals surface area contributed by atoms with Crippen molar-refractivity contribution in [2.75, 3.05) is 13.7 Å². The molecule has 0 spiro atoms. The van der Waals surface area contributed by atoms with Crippen LogP contribution in [0.25, 0.3) is 17.0 Å². The standard InChI is InChI=1S/C27H21ClN2O4/c1-32-24-8-4-5-9-25(24)33-15-14-30-17-19(21-6-2-3-7-23(21)30)16-22-27(31)34-26(29-22)18-10-12-20(28)13-11-18/h2-13,16-17H,14-15H2,1H3. The molecule has 0 saturated heterocycles. The summed E-state index contributed by atoms with van der Waals surface area (Å²) < 4.78 is 18.8. The molecule has 5 rings (SSSR count). The van der Waals surface area contributed by atoms with Gasteiger partial charge >= 0.3 is 5.97 Å². The summed E-state index contributed by atoms with van der Waals surface area (Å²) in [4.78, 5) is 16.9. The maximum Gasteiger partial charge on any atom is 0.363 e. The van der Waals surface area contributed by atoms with Crippen molar-refractivity contribution in [3.63, 3.8) is 0 Å². The van der Waals surface area contributed by atoms with Gasteiger partial charge in [-0.2, -0.15) is 0 Å². The highest BCUT2D eigenvalue weighted by Gasteiger charge is 2.24. The number of ether oxygens (including phenoxy) is 3. The molecule has 0 N–H and O–H groups in total.